The molecule has 0 aromatic carbocycles. The van der Waals surface area contributed by atoms with Crippen LogP contribution in [0.2, 0.25) is 0 Å². The second kappa shape index (κ2) is 6.53. The summed E-state index contributed by atoms with van der Waals surface area (Å²) < 4.78 is 19.9. The van der Waals surface area contributed by atoms with Crippen molar-refractivity contribution in [2.75, 3.05) is 7.11 Å². The first-order chi connectivity index (χ1) is 6.44. The molecule has 0 amide bonds. The molecule has 0 radical (unpaired) electrons. The molecule has 1 aliphatic heterocycles. The fraction of sp³-hybridized carbons (Fsp3) is 0.571. The summed E-state index contributed by atoms with van der Waals surface area (Å²) in [4.78, 5) is 20.5. The summed E-state index contributed by atoms with van der Waals surface area (Å²) in [7, 11) is -3.32. The Morgan fingerprint density at radius 1 is 1.60 bits per heavy atom. The van der Waals surface area contributed by atoms with E-state index < -0.39 is 25.9 Å². The minimum Gasteiger partial charge on any atom is -0.808 e. The van der Waals surface area contributed by atoms with Crippen molar-refractivity contribution >= 4 is 7.60 Å². The monoisotopic (exact) mass is 459 g/mol. The van der Waals surface area contributed by atoms with Gasteiger partial charge < -0.3 is 28.9 Å². The molecule has 1 N–H and O–H groups in total. The Labute approximate surface area is 111 Å². The van der Waals surface area contributed by atoms with E-state index in [2.05, 4.69) is 0 Å². The van der Waals surface area contributed by atoms with Crippen LogP contribution < -0.4 is 9.79 Å². The van der Waals surface area contributed by atoms with Crippen molar-refractivity contribution in [3.63, 3.8) is 0 Å². The molecule has 1 fully saturated rings. The fourth-order valence-corrected chi connectivity index (χ4v) is 1.44. The topological polar surface area (TPSA) is 102 Å². The minimum absolute atomic E-state index is 0. The number of aliphatic hydroxyl groups is 1. The first-order valence-corrected chi connectivity index (χ1v) is 5.46. The molecule has 3 atom stereocenters. The first-order valence-electron chi connectivity index (χ1n) is 3.85. The van der Waals surface area contributed by atoms with E-state index >= 15 is 0 Å². The molecule has 0 aromatic rings. The van der Waals surface area contributed by atoms with Gasteiger partial charge in [0.2, 0.25) is 0 Å². The van der Waals surface area contributed by atoms with Crippen LogP contribution in [-0.2, 0) is 14.0 Å². The zero-order valence-electron chi connectivity index (χ0n) is 7.90. The Balaban J connectivity index is 0.00000196. The van der Waals surface area contributed by atoms with Crippen molar-refractivity contribution in [1.29, 1.82) is 0 Å². The van der Waals surface area contributed by atoms with E-state index in [9.17, 15) is 19.5 Å². The molecule has 1 rings (SSSR count). The molecule has 0 saturated carbocycles. The van der Waals surface area contributed by atoms with Crippen LogP contribution in [0.25, 0.3) is 0 Å². The maximum Gasteiger partial charge on any atom is 0.0811 e. The van der Waals surface area contributed by atoms with Crippen LogP contribution in [0.15, 0.2) is 11.9 Å². The van der Waals surface area contributed by atoms with Gasteiger partial charge in [-0.05, 0) is 13.7 Å². The zero-order chi connectivity index (χ0) is 10.8. The van der Waals surface area contributed by atoms with Gasteiger partial charge in [0.15, 0.2) is 0 Å². The van der Waals surface area contributed by atoms with Crippen LogP contribution in [0.5, 0.6) is 0 Å². The molecule has 1 saturated heterocycles. The number of aliphatic hydroxyl groups excluding tert-OH is 1. The van der Waals surface area contributed by atoms with E-state index in [4.69, 9.17) is 9.47 Å². The van der Waals surface area contributed by atoms with Crippen LogP contribution >= 0.6 is 7.60 Å². The van der Waals surface area contributed by atoms with E-state index in [1.165, 1.54) is 13.7 Å². The summed E-state index contributed by atoms with van der Waals surface area (Å²) >= 11 is 0. The minimum atomic E-state index is -4.70. The number of hydrogen-bond acceptors (Lipinski definition) is 6. The molecule has 0 spiro atoms. The molecular formula is C7H10O6PU-3. The van der Waals surface area contributed by atoms with Crippen molar-refractivity contribution in [3.05, 3.63) is 18.5 Å². The average Bonchev–Trinajstić information content (AvgIpc) is 2.42. The van der Waals surface area contributed by atoms with Gasteiger partial charge in [-0.25, -0.2) is 0 Å². The molecule has 1 unspecified atom stereocenters. The third kappa shape index (κ3) is 5.12. The molecule has 15 heavy (non-hydrogen) atoms. The van der Waals surface area contributed by atoms with Gasteiger partial charge in [-0.15, -0.1) is 0 Å². The number of rotatable bonds is 3. The summed E-state index contributed by atoms with van der Waals surface area (Å²) in [6.45, 7) is 1.25. The largest absolute Gasteiger partial charge is 0.808 e. The van der Waals surface area contributed by atoms with Crippen molar-refractivity contribution in [2.24, 2.45) is 0 Å². The van der Waals surface area contributed by atoms with E-state index in [-0.39, 0.29) is 31.1 Å². The molecular weight excluding hydrogens is 449 g/mol. The zero-order valence-corrected chi connectivity index (χ0v) is 13.0. The summed E-state index contributed by atoms with van der Waals surface area (Å²) in [5.74, 6) is 0.479. The van der Waals surface area contributed by atoms with Gasteiger partial charge >= 0.3 is 0 Å². The third-order valence-corrected chi connectivity index (χ3v) is 2.31. The molecule has 8 heteroatoms. The maximum absolute atomic E-state index is 10.3. The predicted molar refractivity (Wildman–Crippen MR) is 42.7 cm³/mol. The second-order valence-corrected chi connectivity index (χ2v) is 4.19. The van der Waals surface area contributed by atoms with Gasteiger partial charge in [0.05, 0.1) is 12.2 Å². The van der Waals surface area contributed by atoms with Crippen LogP contribution in [0.4, 0.5) is 0 Å². The Morgan fingerprint density at radius 3 is 2.60 bits per heavy atom. The van der Waals surface area contributed by atoms with Gasteiger partial charge in [-0.1, -0.05) is 11.9 Å². The summed E-state index contributed by atoms with van der Waals surface area (Å²) in [5, 5.41) is 9.42. The Bertz CT molecular complexity index is 264. The van der Waals surface area contributed by atoms with E-state index in [0.29, 0.717) is 5.82 Å². The van der Waals surface area contributed by atoms with Gasteiger partial charge in [-0.3, -0.25) is 0 Å². The summed E-state index contributed by atoms with van der Waals surface area (Å²) in [6, 6.07) is 0. The van der Waals surface area contributed by atoms with Crippen molar-refractivity contribution in [3.8, 4) is 0 Å². The van der Waals surface area contributed by atoms with Crippen LogP contribution in [0, 0.1) is 37.7 Å². The van der Waals surface area contributed by atoms with Gasteiger partial charge in [0, 0.05) is 38.2 Å². The predicted octanol–water partition coefficient (Wildman–Crippen LogP) is -1.65. The fourth-order valence-electron chi connectivity index (χ4n) is 1.06. The molecule has 86 valence electrons. The molecule has 0 aromatic heterocycles. The number of ether oxygens (including phenoxy) is 2. The van der Waals surface area contributed by atoms with Crippen molar-refractivity contribution in [2.45, 2.75) is 18.3 Å². The molecule has 6 nitrogen and oxygen atoms in total. The third-order valence-electron chi connectivity index (χ3n) is 1.77. The van der Waals surface area contributed by atoms with E-state index in [0.717, 1.165) is 6.08 Å². The van der Waals surface area contributed by atoms with Crippen LogP contribution in [0.1, 0.15) is 0 Å². The molecule has 1 aliphatic rings. The van der Waals surface area contributed by atoms with Gasteiger partial charge in [0.25, 0.3) is 0 Å². The van der Waals surface area contributed by atoms with Gasteiger partial charge in [-0.2, -0.15) is 6.61 Å². The van der Waals surface area contributed by atoms with Crippen molar-refractivity contribution < 1.29 is 60.0 Å². The van der Waals surface area contributed by atoms with Gasteiger partial charge in [0.1, 0.15) is 0 Å². The summed E-state index contributed by atoms with van der Waals surface area (Å²) in [5.41, 5.74) is 0. The number of methoxy groups -OCH3 is 1. The average molecular weight is 459 g/mol. The first kappa shape index (κ1) is 15.8. The Hall–Kier alpha value is 0.822. The van der Waals surface area contributed by atoms with Crippen molar-refractivity contribution in [1.82, 2.24) is 0 Å². The standard InChI is InChI=1S/C7H12O6P.U/c1-12-6-4-13-5(7(6)8)2-3-14(9,10)11;/h2-8H,1H3,(H2,9,10,11);/q-1;/p-2/b3-2+;/t5-,6-,7?;/m1./s1. The molecule has 0 bridgehead atoms. The Kier molecular flexibility index (Phi) is 6.89. The normalized spacial score (nSPS) is 31.9. The molecule has 1 heterocycles. The Morgan fingerprint density at radius 2 is 2.20 bits per heavy atom. The summed E-state index contributed by atoms with van der Waals surface area (Å²) in [6.07, 6.45) is -1.46. The molecule has 0 aliphatic carbocycles. The van der Waals surface area contributed by atoms with Crippen LogP contribution in [0.3, 0.4) is 0 Å². The van der Waals surface area contributed by atoms with Crippen LogP contribution in [-0.4, -0.2) is 30.5 Å². The smallest absolute Gasteiger partial charge is 0.0811 e. The quantitative estimate of drug-likeness (QED) is 0.401. The SMILES string of the molecule is CO[C@@H]1[CH-]O[C@H](/C=C/P(=O)([O-])[O-])C1O.[U]. The second-order valence-electron chi connectivity index (χ2n) is 2.81. The van der Waals surface area contributed by atoms with E-state index in [1.807, 2.05) is 0 Å². The van der Waals surface area contributed by atoms with E-state index in [1.54, 1.807) is 0 Å². The maximum atomic E-state index is 10.3. The number of hydrogen-bond donors (Lipinski definition) is 1.